The summed E-state index contributed by atoms with van der Waals surface area (Å²) in [7, 11) is 0. The second-order valence-electron chi connectivity index (χ2n) is 11.0. The predicted molar refractivity (Wildman–Crippen MR) is 152 cm³/mol. The van der Waals surface area contributed by atoms with Crippen molar-refractivity contribution in [2.75, 3.05) is 24.5 Å². The van der Waals surface area contributed by atoms with Gasteiger partial charge in [-0.2, -0.15) is 0 Å². The Balaban J connectivity index is 1.36. The van der Waals surface area contributed by atoms with Crippen LogP contribution in [0.2, 0.25) is 5.02 Å². The Bertz CT molecular complexity index is 1740. The number of alkyl halides is 3. The first-order valence-corrected chi connectivity index (χ1v) is 14.1. The number of ketones is 1. The summed E-state index contributed by atoms with van der Waals surface area (Å²) in [5.41, 5.74) is 4.42. The Morgan fingerprint density at radius 3 is 2.70 bits per heavy atom. The molecule has 0 unspecified atom stereocenters. The maximum atomic E-state index is 16.7. The number of carbonyl (C=O) groups excluding carboxylic acids is 2. The zero-order valence-corrected chi connectivity index (χ0v) is 24.0. The lowest BCUT2D eigenvalue weighted by molar-refractivity contribution is -0.118. The Morgan fingerprint density at radius 1 is 1.23 bits per heavy atom. The molecule has 2 fully saturated rings. The molecule has 3 aromatic heterocycles. The highest BCUT2D eigenvalue weighted by Crippen LogP contribution is 2.46. The molecule has 6 rings (SSSR count). The number of pyridine rings is 1. The van der Waals surface area contributed by atoms with E-state index in [0.29, 0.717) is 11.0 Å². The lowest BCUT2D eigenvalue weighted by Crippen LogP contribution is -2.50. The van der Waals surface area contributed by atoms with Crippen LogP contribution in [0.1, 0.15) is 44.5 Å². The van der Waals surface area contributed by atoms with Crippen molar-refractivity contribution < 1.29 is 31.9 Å². The smallest absolute Gasteiger partial charge is 0.314 e. The number of Topliss-reactive ketones (excluding diaryl/α,β-unsaturated/α-hetero) is 1. The minimum absolute atomic E-state index is 0.00901. The van der Waals surface area contributed by atoms with E-state index in [-0.39, 0.29) is 71.6 Å². The number of amides is 2. The SMILES string of the molecule is CC(=O)[C@@H]1C[C@H](Oc2ncc(Cl)cc2[C@@]2(F)CCN(C(N)=O)C[C@@H]2C)CN1c1nc(C(F)F)nc2c1oc1ccccc12. The van der Waals surface area contributed by atoms with E-state index in [0.717, 1.165) is 0 Å². The standard InChI is InChI=1S/C29H28ClF3N6O4/c1-14-12-38(28(34)41)8-7-29(14,33)19-9-16(30)11-35-27(19)42-17-10-20(15(2)40)39(13-17)26-23-22(36-25(37-26)24(31)32)18-5-3-4-6-21(18)43-23/h3-6,9,11,14,17,20,24H,7-8,10,12-13H2,1-2H3,(H2,34,41)/t14-,17-,20-,29+/m0/s1. The molecule has 14 heteroatoms. The molecule has 1 aromatic carbocycles. The van der Waals surface area contributed by atoms with Gasteiger partial charge in [0.1, 0.15) is 22.9 Å². The molecule has 0 bridgehead atoms. The van der Waals surface area contributed by atoms with Gasteiger partial charge in [-0.3, -0.25) is 4.79 Å². The number of urea groups is 1. The van der Waals surface area contributed by atoms with E-state index in [9.17, 15) is 18.4 Å². The normalized spacial score (nSPS) is 24.3. The van der Waals surface area contributed by atoms with Crippen LogP contribution in [0.25, 0.3) is 22.1 Å². The van der Waals surface area contributed by atoms with Crippen LogP contribution in [0, 0.1) is 5.92 Å². The second-order valence-corrected chi connectivity index (χ2v) is 11.5. The molecule has 0 aliphatic carbocycles. The number of aromatic nitrogens is 3. The Kier molecular flexibility index (Phi) is 7.31. The van der Waals surface area contributed by atoms with Gasteiger partial charge < -0.3 is 24.7 Å². The molecule has 43 heavy (non-hydrogen) atoms. The number of para-hydroxylation sites is 1. The van der Waals surface area contributed by atoms with Gasteiger partial charge in [-0.1, -0.05) is 30.7 Å². The van der Waals surface area contributed by atoms with Crippen molar-refractivity contribution in [3.05, 3.63) is 52.9 Å². The number of nitrogens with two attached hydrogens (primary N) is 1. The number of fused-ring (bicyclic) bond motifs is 3. The molecule has 4 aromatic rings. The van der Waals surface area contributed by atoms with Crippen molar-refractivity contribution in [3.63, 3.8) is 0 Å². The maximum Gasteiger partial charge on any atom is 0.314 e. The lowest BCUT2D eigenvalue weighted by atomic mass is 9.79. The average molecular weight is 617 g/mol. The van der Waals surface area contributed by atoms with Crippen molar-refractivity contribution in [2.45, 2.75) is 50.9 Å². The number of furan rings is 1. The predicted octanol–water partition coefficient (Wildman–Crippen LogP) is 5.56. The fraction of sp³-hybridized carbons (Fsp3) is 0.414. The summed E-state index contributed by atoms with van der Waals surface area (Å²) < 4.78 is 56.8. The number of halogens is 4. The molecule has 2 saturated heterocycles. The quantitative estimate of drug-likeness (QED) is 0.298. The van der Waals surface area contributed by atoms with Crippen molar-refractivity contribution in [2.24, 2.45) is 11.7 Å². The summed E-state index contributed by atoms with van der Waals surface area (Å²) in [6, 6.07) is 6.91. The van der Waals surface area contributed by atoms with Gasteiger partial charge in [0.2, 0.25) is 5.88 Å². The van der Waals surface area contributed by atoms with E-state index in [1.807, 2.05) is 0 Å². The van der Waals surface area contributed by atoms with Gasteiger partial charge in [0.25, 0.3) is 6.43 Å². The number of nitrogens with zero attached hydrogens (tertiary/aromatic N) is 5. The molecular weight excluding hydrogens is 589 g/mol. The molecule has 2 aliphatic heterocycles. The van der Waals surface area contributed by atoms with Crippen LogP contribution < -0.4 is 15.4 Å². The van der Waals surface area contributed by atoms with Gasteiger partial charge in [0.05, 0.1) is 23.2 Å². The molecule has 2 aliphatic rings. The summed E-state index contributed by atoms with van der Waals surface area (Å²) >= 11 is 6.23. The number of piperidine rings is 1. The summed E-state index contributed by atoms with van der Waals surface area (Å²) in [6.45, 7) is 3.29. The van der Waals surface area contributed by atoms with E-state index in [4.69, 9.17) is 26.5 Å². The molecule has 2 N–H and O–H groups in total. The highest BCUT2D eigenvalue weighted by atomic mass is 35.5. The number of hydrogen-bond donors (Lipinski definition) is 1. The fourth-order valence-corrected chi connectivity index (χ4v) is 6.23. The van der Waals surface area contributed by atoms with Crippen LogP contribution in [-0.4, -0.2) is 63.4 Å². The largest absolute Gasteiger partial charge is 0.472 e. The number of likely N-dealkylation sites (tertiary alicyclic amines) is 1. The second kappa shape index (κ2) is 10.9. The number of primary amides is 1. The summed E-state index contributed by atoms with van der Waals surface area (Å²) in [4.78, 5) is 40.0. The summed E-state index contributed by atoms with van der Waals surface area (Å²) in [5, 5.41) is 0.737. The first-order chi connectivity index (χ1) is 20.5. The molecule has 226 valence electrons. The van der Waals surface area contributed by atoms with E-state index in [1.54, 1.807) is 36.1 Å². The van der Waals surface area contributed by atoms with Crippen LogP contribution in [0.15, 0.2) is 40.9 Å². The van der Waals surface area contributed by atoms with E-state index < -0.39 is 42.0 Å². The number of ether oxygens (including phenoxy) is 1. The first kappa shape index (κ1) is 29.0. The van der Waals surface area contributed by atoms with Gasteiger partial charge >= 0.3 is 6.03 Å². The van der Waals surface area contributed by atoms with Gasteiger partial charge in [0, 0.05) is 43.4 Å². The zero-order valence-electron chi connectivity index (χ0n) is 23.3. The van der Waals surface area contributed by atoms with Gasteiger partial charge in [-0.25, -0.2) is 32.9 Å². The van der Waals surface area contributed by atoms with E-state index >= 15 is 4.39 Å². The highest BCUT2D eigenvalue weighted by Gasteiger charge is 2.47. The van der Waals surface area contributed by atoms with Crippen LogP contribution >= 0.6 is 11.6 Å². The zero-order chi connectivity index (χ0) is 30.6. The van der Waals surface area contributed by atoms with Crippen LogP contribution in [0.5, 0.6) is 5.88 Å². The van der Waals surface area contributed by atoms with Crippen molar-refractivity contribution in [3.8, 4) is 5.88 Å². The van der Waals surface area contributed by atoms with Crippen LogP contribution in [-0.2, 0) is 10.5 Å². The Hall–Kier alpha value is -4.13. The molecule has 0 spiro atoms. The van der Waals surface area contributed by atoms with Crippen LogP contribution in [0.3, 0.4) is 0 Å². The fourth-order valence-electron chi connectivity index (χ4n) is 6.07. The maximum absolute atomic E-state index is 16.7. The number of benzene rings is 1. The van der Waals surface area contributed by atoms with Crippen molar-refractivity contribution in [1.29, 1.82) is 0 Å². The Morgan fingerprint density at radius 2 is 2.00 bits per heavy atom. The van der Waals surface area contributed by atoms with Crippen LogP contribution in [0.4, 0.5) is 23.8 Å². The minimum atomic E-state index is -2.97. The van der Waals surface area contributed by atoms with Gasteiger partial charge in [0.15, 0.2) is 23.0 Å². The minimum Gasteiger partial charge on any atom is -0.472 e. The molecule has 0 saturated carbocycles. The van der Waals surface area contributed by atoms with Crippen molar-refractivity contribution in [1.82, 2.24) is 19.9 Å². The number of rotatable bonds is 6. The molecule has 5 heterocycles. The average Bonchev–Trinajstić information content (AvgIpc) is 3.56. The molecule has 2 amide bonds. The molecular formula is C29H28ClF3N6O4. The van der Waals surface area contributed by atoms with E-state index in [1.165, 1.54) is 24.1 Å². The number of hydrogen-bond acceptors (Lipinski definition) is 8. The number of carbonyl (C=O) groups is 2. The third kappa shape index (κ3) is 5.09. The first-order valence-electron chi connectivity index (χ1n) is 13.8. The summed E-state index contributed by atoms with van der Waals surface area (Å²) in [5.74, 6) is -1.56. The van der Waals surface area contributed by atoms with Crippen molar-refractivity contribution >= 4 is 51.3 Å². The topological polar surface area (TPSA) is 128 Å². The molecule has 10 nitrogen and oxygen atoms in total. The lowest BCUT2D eigenvalue weighted by Gasteiger charge is -2.41. The molecule has 4 atom stereocenters. The third-order valence-electron chi connectivity index (χ3n) is 8.29. The third-order valence-corrected chi connectivity index (χ3v) is 8.50. The van der Waals surface area contributed by atoms with Gasteiger partial charge in [-0.15, -0.1) is 0 Å². The monoisotopic (exact) mass is 616 g/mol. The Labute approximate surface area is 248 Å². The molecule has 0 radical (unpaired) electrons. The summed E-state index contributed by atoms with van der Waals surface area (Å²) in [6.07, 6.45) is -2.23. The van der Waals surface area contributed by atoms with E-state index in [2.05, 4.69) is 15.0 Å². The van der Waals surface area contributed by atoms with Gasteiger partial charge in [-0.05, 0) is 25.1 Å². The highest BCUT2D eigenvalue weighted by molar-refractivity contribution is 6.30. The number of anilines is 1.